The van der Waals surface area contributed by atoms with Crippen LogP contribution in [0.2, 0.25) is 0 Å². The zero-order valence-electron chi connectivity index (χ0n) is 31.6. The number of rotatable bonds is 7. The molecule has 9 aromatic carbocycles. The second kappa shape index (κ2) is 14.3. The molecule has 1 aromatic heterocycles. The second-order valence-electron chi connectivity index (χ2n) is 14.6. The van der Waals surface area contributed by atoms with Crippen LogP contribution < -0.4 is 9.80 Å². The monoisotopic (exact) mass is 759 g/mol. The number of para-hydroxylation sites is 3. The van der Waals surface area contributed by atoms with Crippen LogP contribution in [0.25, 0.3) is 49.7 Å². The highest BCUT2D eigenvalue weighted by atomic mass is 32.2. The maximum Gasteiger partial charge on any atom is 0.0601 e. The van der Waals surface area contributed by atoms with Crippen LogP contribution in [0.5, 0.6) is 0 Å². The van der Waals surface area contributed by atoms with Gasteiger partial charge in [-0.15, -0.1) is 0 Å². The van der Waals surface area contributed by atoms with Crippen molar-refractivity contribution >= 4 is 67.7 Å². The molecule has 1 aliphatic heterocycles. The van der Waals surface area contributed by atoms with Crippen LogP contribution in [0.1, 0.15) is 0 Å². The van der Waals surface area contributed by atoms with E-state index in [-0.39, 0.29) is 0 Å². The van der Waals surface area contributed by atoms with Crippen LogP contribution in [0.15, 0.2) is 234 Å². The van der Waals surface area contributed by atoms with E-state index in [4.69, 9.17) is 0 Å². The lowest BCUT2D eigenvalue weighted by Gasteiger charge is -2.32. The van der Waals surface area contributed by atoms with Crippen molar-refractivity contribution in [2.75, 3.05) is 9.80 Å². The normalized spacial score (nSPS) is 12.0. The Hall–Kier alpha value is -7.27. The van der Waals surface area contributed by atoms with Gasteiger partial charge in [0.1, 0.15) is 0 Å². The molecule has 0 saturated heterocycles. The van der Waals surface area contributed by atoms with Crippen molar-refractivity contribution in [3.05, 3.63) is 224 Å². The van der Waals surface area contributed by atoms with Gasteiger partial charge in [0.05, 0.1) is 22.4 Å². The molecule has 58 heavy (non-hydrogen) atoms. The van der Waals surface area contributed by atoms with E-state index in [1.165, 1.54) is 59.7 Å². The minimum Gasteiger partial charge on any atom is -0.310 e. The summed E-state index contributed by atoms with van der Waals surface area (Å²) in [4.78, 5) is 7.28. The molecule has 1 aliphatic rings. The number of hydrogen-bond acceptors (Lipinski definition) is 3. The van der Waals surface area contributed by atoms with Crippen LogP contribution in [-0.4, -0.2) is 4.57 Å². The molecule has 0 saturated carbocycles. The van der Waals surface area contributed by atoms with Crippen LogP contribution in [0.4, 0.5) is 34.1 Å². The quantitative estimate of drug-likeness (QED) is 0.160. The highest BCUT2D eigenvalue weighted by molar-refractivity contribution is 7.99. The molecular formula is C54H37N3S. The number of benzene rings is 9. The summed E-state index contributed by atoms with van der Waals surface area (Å²) in [6.07, 6.45) is 0. The highest BCUT2D eigenvalue weighted by Gasteiger charge is 2.25. The number of hydrogen-bond donors (Lipinski definition) is 0. The second-order valence-corrected chi connectivity index (χ2v) is 15.7. The first-order valence-corrected chi connectivity index (χ1v) is 20.5. The summed E-state index contributed by atoms with van der Waals surface area (Å²) in [6, 6.07) is 81.1. The van der Waals surface area contributed by atoms with E-state index in [1.54, 1.807) is 0 Å². The number of aromatic nitrogens is 1. The molecule has 11 rings (SSSR count). The van der Waals surface area contributed by atoms with Crippen LogP contribution >= 0.6 is 11.8 Å². The molecule has 0 N–H and O–H groups in total. The Bertz CT molecular complexity index is 2930. The Morgan fingerprint density at radius 1 is 0.328 bits per heavy atom. The lowest BCUT2D eigenvalue weighted by atomic mass is 10.0. The Kier molecular flexibility index (Phi) is 8.41. The maximum absolute atomic E-state index is 2.42. The molecule has 0 radical (unpaired) electrons. The molecule has 0 amide bonds. The Balaban J connectivity index is 1.04. The standard InChI is InChI=1S/C54H37N3S/c1-3-13-38(14-4-1)40-23-27-42(28-24-40)55(43-29-25-41(26-30-43)39-15-5-2-6-16-39)46-35-36-48-47-17-7-8-18-49(47)56(52(48)37-46)44-31-33-45(34-32-44)57-50-19-9-11-21-53(50)58-54-22-12-10-20-51(54)57/h1-37H. The predicted octanol–water partition coefficient (Wildman–Crippen LogP) is 15.5. The van der Waals surface area contributed by atoms with E-state index in [0.29, 0.717) is 0 Å². The Morgan fingerprint density at radius 3 is 1.36 bits per heavy atom. The lowest BCUT2D eigenvalue weighted by Crippen LogP contribution is -2.14. The number of anilines is 6. The molecule has 0 fully saturated rings. The first-order chi connectivity index (χ1) is 28.8. The molecule has 2 heterocycles. The fraction of sp³-hybridized carbons (Fsp3) is 0. The summed E-state index contributed by atoms with van der Waals surface area (Å²) in [6.45, 7) is 0. The molecule has 3 nitrogen and oxygen atoms in total. The van der Waals surface area contributed by atoms with Gasteiger partial charge < -0.3 is 14.4 Å². The van der Waals surface area contributed by atoms with Gasteiger partial charge in [-0.05, 0) is 113 Å². The molecule has 0 spiro atoms. The van der Waals surface area contributed by atoms with E-state index in [2.05, 4.69) is 239 Å². The third-order valence-electron chi connectivity index (χ3n) is 11.2. The summed E-state index contributed by atoms with van der Waals surface area (Å²) in [5.74, 6) is 0. The molecule has 4 heteroatoms. The molecule has 0 bridgehead atoms. The van der Waals surface area contributed by atoms with Gasteiger partial charge in [-0.2, -0.15) is 0 Å². The topological polar surface area (TPSA) is 11.4 Å². The molecule has 0 aliphatic carbocycles. The van der Waals surface area contributed by atoms with Gasteiger partial charge in [-0.3, -0.25) is 0 Å². The van der Waals surface area contributed by atoms with Crippen LogP contribution in [-0.2, 0) is 0 Å². The fourth-order valence-electron chi connectivity index (χ4n) is 8.42. The highest BCUT2D eigenvalue weighted by Crippen LogP contribution is 2.51. The average Bonchev–Trinajstić information content (AvgIpc) is 3.63. The van der Waals surface area contributed by atoms with Crippen molar-refractivity contribution in [3.8, 4) is 27.9 Å². The van der Waals surface area contributed by atoms with Crippen molar-refractivity contribution in [2.24, 2.45) is 0 Å². The predicted molar refractivity (Wildman–Crippen MR) is 245 cm³/mol. The lowest BCUT2D eigenvalue weighted by molar-refractivity contribution is 1.15. The SMILES string of the molecule is c1ccc(-c2ccc(N(c3ccc(-c4ccccc4)cc3)c3ccc4c5ccccc5n(-c5ccc(N6c7ccccc7Sc7ccccc76)cc5)c4c3)cc2)cc1. The van der Waals surface area contributed by atoms with Crippen molar-refractivity contribution in [2.45, 2.75) is 9.79 Å². The van der Waals surface area contributed by atoms with E-state index in [1.807, 2.05) is 11.8 Å². The van der Waals surface area contributed by atoms with E-state index in [9.17, 15) is 0 Å². The summed E-state index contributed by atoms with van der Waals surface area (Å²) in [5.41, 5.74) is 15.1. The van der Waals surface area contributed by atoms with E-state index >= 15 is 0 Å². The van der Waals surface area contributed by atoms with Crippen molar-refractivity contribution < 1.29 is 0 Å². The van der Waals surface area contributed by atoms with E-state index < -0.39 is 0 Å². The summed E-state index contributed by atoms with van der Waals surface area (Å²) >= 11 is 1.83. The summed E-state index contributed by atoms with van der Waals surface area (Å²) in [5, 5.41) is 2.45. The van der Waals surface area contributed by atoms with Crippen LogP contribution in [0, 0.1) is 0 Å². The number of fused-ring (bicyclic) bond motifs is 5. The van der Waals surface area contributed by atoms with Gasteiger partial charge in [0.15, 0.2) is 0 Å². The minimum atomic E-state index is 1.09. The first kappa shape index (κ1) is 34.0. The minimum absolute atomic E-state index is 1.09. The molecule has 0 unspecified atom stereocenters. The van der Waals surface area contributed by atoms with Gasteiger partial charge in [0.25, 0.3) is 0 Å². The van der Waals surface area contributed by atoms with Crippen molar-refractivity contribution in [1.29, 1.82) is 0 Å². The van der Waals surface area contributed by atoms with Gasteiger partial charge >= 0.3 is 0 Å². The number of nitrogens with zero attached hydrogens (tertiary/aromatic N) is 3. The van der Waals surface area contributed by atoms with Gasteiger partial charge in [-0.1, -0.05) is 145 Å². The van der Waals surface area contributed by atoms with Gasteiger partial charge in [-0.25, -0.2) is 0 Å². The largest absolute Gasteiger partial charge is 0.310 e. The van der Waals surface area contributed by atoms with Gasteiger partial charge in [0.2, 0.25) is 0 Å². The zero-order valence-corrected chi connectivity index (χ0v) is 32.4. The molecular weight excluding hydrogens is 723 g/mol. The third kappa shape index (κ3) is 5.94. The van der Waals surface area contributed by atoms with Crippen LogP contribution in [0.3, 0.4) is 0 Å². The van der Waals surface area contributed by atoms with Crippen molar-refractivity contribution in [1.82, 2.24) is 4.57 Å². The molecule has 0 atom stereocenters. The smallest absolute Gasteiger partial charge is 0.0601 e. The Morgan fingerprint density at radius 2 is 0.776 bits per heavy atom. The molecule has 274 valence electrons. The summed E-state index contributed by atoms with van der Waals surface area (Å²) in [7, 11) is 0. The van der Waals surface area contributed by atoms with Gasteiger partial charge in [0, 0.05) is 49.0 Å². The first-order valence-electron chi connectivity index (χ1n) is 19.7. The third-order valence-corrected chi connectivity index (χ3v) is 12.3. The van der Waals surface area contributed by atoms with E-state index in [0.717, 1.165) is 34.0 Å². The fourth-order valence-corrected chi connectivity index (χ4v) is 9.48. The maximum atomic E-state index is 2.42. The molecule has 10 aromatic rings. The van der Waals surface area contributed by atoms with Crippen molar-refractivity contribution in [3.63, 3.8) is 0 Å². The zero-order chi connectivity index (χ0) is 38.4. The summed E-state index contributed by atoms with van der Waals surface area (Å²) < 4.78 is 2.42. The Labute approximate surface area is 342 Å². The average molecular weight is 760 g/mol.